The van der Waals surface area contributed by atoms with Gasteiger partial charge in [0.05, 0.1) is 36.6 Å². The average molecular weight is 477 g/mol. The van der Waals surface area contributed by atoms with Crippen molar-refractivity contribution < 1.29 is 28.7 Å². The number of hydrazone groups is 1. The molecule has 3 rings (SSSR count). The smallest absolute Gasteiger partial charge is 0.427 e. The van der Waals surface area contributed by atoms with Crippen LogP contribution in [-0.2, 0) is 19.1 Å². The van der Waals surface area contributed by atoms with Crippen LogP contribution in [-0.4, -0.2) is 53.1 Å². The van der Waals surface area contributed by atoms with Gasteiger partial charge < -0.3 is 14.8 Å². The highest BCUT2D eigenvalue weighted by Gasteiger charge is 2.35. The SMILES string of the molecule is CCOC(=O)C(/C(=N/NC(=O)OC)C(=O)Nc1ccc(C(C)=O)cc1)c1cnc2ccccc2n1. The molecule has 11 heteroatoms. The number of hydrogen-bond donors (Lipinski definition) is 2. The van der Waals surface area contributed by atoms with Gasteiger partial charge in [0.1, 0.15) is 11.6 Å². The summed E-state index contributed by atoms with van der Waals surface area (Å²) in [5.41, 5.74) is 3.62. The lowest BCUT2D eigenvalue weighted by molar-refractivity contribution is -0.143. The lowest BCUT2D eigenvalue weighted by atomic mass is 9.98. The Balaban J connectivity index is 2.05. The maximum atomic E-state index is 13.3. The van der Waals surface area contributed by atoms with E-state index in [2.05, 4.69) is 30.5 Å². The van der Waals surface area contributed by atoms with Gasteiger partial charge in [-0.25, -0.2) is 15.2 Å². The van der Waals surface area contributed by atoms with Gasteiger partial charge in [-0.15, -0.1) is 0 Å². The summed E-state index contributed by atoms with van der Waals surface area (Å²) in [6.45, 7) is 3.06. The predicted molar refractivity (Wildman–Crippen MR) is 127 cm³/mol. The Kier molecular flexibility index (Phi) is 8.17. The van der Waals surface area contributed by atoms with Gasteiger partial charge in [0, 0.05) is 11.3 Å². The molecule has 35 heavy (non-hydrogen) atoms. The van der Waals surface area contributed by atoms with E-state index in [0.29, 0.717) is 22.3 Å². The Hall–Kier alpha value is -4.67. The maximum absolute atomic E-state index is 13.3. The van der Waals surface area contributed by atoms with Gasteiger partial charge in [-0.3, -0.25) is 19.4 Å². The normalized spacial score (nSPS) is 11.9. The van der Waals surface area contributed by atoms with Crippen LogP contribution in [0.3, 0.4) is 0 Å². The van der Waals surface area contributed by atoms with Crippen LogP contribution in [0.5, 0.6) is 0 Å². The zero-order chi connectivity index (χ0) is 25.4. The van der Waals surface area contributed by atoms with Gasteiger partial charge in [0.15, 0.2) is 5.78 Å². The molecular formula is C24H23N5O6. The minimum atomic E-state index is -1.42. The molecule has 0 saturated heterocycles. The quantitative estimate of drug-likeness (QED) is 0.218. The number of fused-ring (bicyclic) bond motifs is 1. The molecule has 180 valence electrons. The molecule has 1 unspecified atom stereocenters. The molecule has 0 bridgehead atoms. The minimum absolute atomic E-state index is 0.0299. The number of esters is 1. The molecule has 1 atom stereocenters. The van der Waals surface area contributed by atoms with Crippen molar-refractivity contribution in [3.05, 3.63) is 66.0 Å². The standard InChI is InChI=1S/C24H23N5O6/c1-4-35-23(32)20(19-13-25-17-7-5-6-8-18(17)27-19)21(28-29-24(33)34-3)22(31)26-16-11-9-15(10-12-16)14(2)30/h5-13,20H,4H2,1-3H3,(H,26,31)(H,29,33)/b28-21-. The van der Waals surface area contributed by atoms with Crippen LogP contribution in [0.15, 0.2) is 59.8 Å². The molecule has 0 aliphatic heterocycles. The van der Waals surface area contributed by atoms with E-state index in [1.807, 2.05) is 0 Å². The molecule has 0 fully saturated rings. The fourth-order valence-corrected chi connectivity index (χ4v) is 3.09. The summed E-state index contributed by atoms with van der Waals surface area (Å²) in [5.74, 6) is -3.18. The Morgan fingerprint density at radius 3 is 2.34 bits per heavy atom. The number of nitrogens with one attached hydrogen (secondary N) is 2. The number of para-hydroxylation sites is 2. The van der Waals surface area contributed by atoms with Crippen molar-refractivity contribution in [2.24, 2.45) is 5.10 Å². The van der Waals surface area contributed by atoms with Crippen LogP contribution in [0, 0.1) is 0 Å². The molecule has 1 aromatic heterocycles. The third-order valence-electron chi connectivity index (χ3n) is 4.79. The number of hydrogen-bond acceptors (Lipinski definition) is 9. The summed E-state index contributed by atoms with van der Waals surface area (Å²) in [6.07, 6.45) is 0.389. The second-order valence-electron chi connectivity index (χ2n) is 7.16. The van der Waals surface area contributed by atoms with E-state index in [9.17, 15) is 19.2 Å². The van der Waals surface area contributed by atoms with E-state index in [4.69, 9.17) is 4.74 Å². The number of carbonyl (C=O) groups excluding carboxylic acids is 4. The lowest BCUT2D eigenvalue weighted by Gasteiger charge is -2.17. The number of benzene rings is 2. The van der Waals surface area contributed by atoms with Gasteiger partial charge in [0.2, 0.25) is 0 Å². The molecule has 0 aliphatic rings. The van der Waals surface area contributed by atoms with Gasteiger partial charge in [0.25, 0.3) is 5.91 Å². The maximum Gasteiger partial charge on any atom is 0.427 e. The van der Waals surface area contributed by atoms with Crippen molar-refractivity contribution in [3.63, 3.8) is 0 Å². The largest absolute Gasteiger partial charge is 0.465 e. The molecule has 2 N–H and O–H groups in total. The third-order valence-corrected chi connectivity index (χ3v) is 4.79. The molecule has 3 aromatic rings. The zero-order valence-electron chi connectivity index (χ0n) is 19.3. The van der Waals surface area contributed by atoms with Gasteiger partial charge in [-0.2, -0.15) is 5.10 Å². The Morgan fingerprint density at radius 2 is 1.71 bits per heavy atom. The van der Waals surface area contributed by atoms with E-state index in [0.717, 1.165) is 7.11 Å². The lowest BCUT2D eigenvalue weighted by Crippen LogP contribution is -2.36. The molecule has 11 nitrogen and oxygen atoms in total. The summed E-state index contributed by atoms with van der Waals surface area (Å²) < 4.78 is 9.70. The second-order valence-corrected chi connectivity index (χ2v) is 7.16. The van der Waals surface area contributed by atoms with Gasteiger partial charge >= 0.3 is 12.1 Å². The minimum Gasteiger partial charge on any atom is -0.465 e. The Morgan fingerprint density at radius 1 is 1.03 bits per heavy atom. The summed E-state index contributed by atoms with van der Waals surface area (Å²) in [5, 5.41) is 6.46. The van der Waals surface area contributed by atoms with Crippen molar-refractivity contribution in [2.75, 3.05) is 19.0 Å². The van der Waals surface area contributed by atoms with E-state index >= 15 is 0 Å². The van der Waals surface area contributed by atoms with Crippen LogP contribution in [0.25, 0.3) is 11.0 Å². The first-order valence-corrected chi connectivity index (χ1v) is 10.6. The first-order valence-electron chi connectivity index (χ1n) is 10.6. The number of aromatic nitrogens is 2. The van der Waals surface area contributed by atoms with E-state index in [-0.39, 0.29) is 18.1 Å². The number of Topliss-reactive ketones (excluding diaryl/α,β-unsaturated/α-hetero) is 1. The Labute approximate surface area is 200 Å². The highest BCUT2D eigenvalue weighted by atomic mass is 16.5. The topological polar surface area (TPSA) is 149 Å². The molecule has 0 aliphatic carbocycles. The number of methoxy groups -OCH3 is 1. The molecule has 0 saturated carbocycles. The number of ether oxygens (including phenoxy) is 2. The fraction of sp³-hybridized carbons (Fsp3) is 0.208. The highest BCUT2D eigenvalue weighted by Crippen LogP contribution is 2.21. The average Bonchev–Trinajstić information content (AvgIpc) is 2.86. The monoisotopic (exact) mass is 477 g/mol. The van der Waals surface area contributed by atoms with Crippen LogP contribution in [0.2, 0.25) is 0 Å². The number of carbonyl (C=O) groups is 4. The number of nitrogens with zero attached hydrogens (tertiary/aromatic N) is 3. The van der Waals surface area contributed by atoms with Crippen molar-refractivity contribution >= 4 is 46.2 Å². The van der Waals surface area contributed by atoms with Crippen LogP contribution >= 0.6 is 0 Å². The molecule has 2 aromatic carbocycles. The van der Waals surface area contributed by atoms with Crippen molar-refractivity contribution in [2.45, 2.75) is 19.8 Å². The van der Waals surface area contributed by atoms with Crippen molar-refractivity contribution in [3.8, 4) is 0 Å². The first-order chi connectivity index (χ1) is 16.8. The zero-order valence-corrected chi connectivity index (χ0v) is 19.3. The first kappa shape index (κ1) is 25.0. The van der Waals surface area contributed by atoms with E-state index < -0.39 is 29.6 Å². The predicted octanol–water partition coefficient (Wildman–Crippen LogP) is 2.83. The summed E-state index contributed by atoms with van der Waals surface area (Å²) in [7, 11) is 1.12. The number of anilines is 1. The molecule has 2 amide bonds. The highest BCUT2D eigenvalue weighted by molar-refractivity contribution is 6.48. The number of ketones is 1. The summed E-state index contributed by atoms with van der Waals surface area (Å²) >= 11 is 0. The summed E-state index contributed by atoms with van der Waals surface area (Å²) in [4.78, 5) is 58.2. The molecule has 1 heterocycles. The van der Waals surface area contributed by atoms with Gasteiger partial charge in [-0.05, 0) is 50.2 Å². The third kappa shape index (κ3) is 6.22. The van der Waals surface area contributed by atoms with Crippen LogP contribution in [0.4, 0.5) is 10.5 Å². The molecular weight excluding hydrogens is 454 g/mol. The number of rotatable bonds is 8. The second kappa shape index (κ2) is 11.5. The van der Waals surface area contributed by atoms with Crippen LogP contribution in [0.1, 0.15) is 35.8 Å². The van der Waals surface area contributed by atoms with Crippen molar-refractivity contribution in [1.29, 1.82) is 0 Å². The van der Waals surface area contributed by atoms with Gasteiger partial charge in [-0.1, -0.05) is 12.1 Å². The molecule has 0 spiro atoms. The Bertz CT molecular complexity index is 1290. The fourth-order valence-electron chi connectivity index (χ4n) is 3.09. The summed E-state index contributed by atoms with van der Waals surface area (Å²) in [6, 6.07) is 13.1. The van der Waals surface area contributed by atoms with Crippen molar-refractivity contribution in [1.82, 2.24) is 15.4 Å². The number of amides is 2. The van der Waals surface area contributed by atoms with Crippen LogP contribution < -0.4 is 10.7 Å². The van der Waals surface area contributed by atoms with E-state index in [1.54, 1.807) is 43.3 Å². The van der Waals surface area contributed by atoms with E-state index in [1.165, 1.54) is 25.3 Å². The molecule has 0 radical (unpaired) electrons.